The van der Waals surface area contributed by atoms with Crippen molar-refractivity contribution in [3.63, 3.8) is 0 Å². The molecular formula is C47H43N3O15P2. The van der Waals surface area contributed by atoms with Crippen molar-refractivity contribution >= 4 is 38.2 Å². The lowest BCUT2D eigenvalue weighted by molar-refractivity contribution is -0.0549. The van der Waals surface area contributed by atoms with E-state index < -0.39 is 71.3 Å². The number of aliphatic hydroxyl groups is 2. The highest BCUT2D eigenvalue weighted by atomic mass is 31.3. The van der Waals surface area contributed by atoms with Crippen molar-refractivity contribution in [2.75, 3.05) is 6.61 Å². The number of para-hydroxylation sites is 1. The molecule has 0 spiro atoms. The van der Waals surface area contributed by atoms with Crippen LogP contribution in [0.3, 0.4) is 0 Å². The van der Waals surface area contributed by atoms with E-state index in [0.717, 1.165) is 21.4 Å². The maximum absolute atomic E-state index is 14.2. The van der Waals surface area contributed by atoms with Gasteiger partial charge < -0.3 is 24.4 Å². The van der Waals surface area contributed by atoms with Crippen LogP contribution in [0, 0.1) is 0 Å². The molecule has 0 aliphatic carbocycles. The molecular weight excluding hydrogens is 908 g/mol. The number of aliphatic hydroxyl groups excluding tert-OH is 2. The Bertz CT molecular complexity index is 2960. The summed E-state index contributed by atoms with van der Waals surface area (Å²) in [4.78, 5) is 62.8. The first kappa shape index (κ1) is 47.2. The first-order valence-electron chi connectivity index (χ1n) is 20.8. The summed E-state index contributed by atoms with van der Waals surface area (Å²) in [6.07, 6.45) is -5.47. The Hall–Kier alpha value is -6.27. The molecule has 2 aromatic heterocycles. The monoisotopic (exact) mass is 951 g/mol. The highest BCUT2D eigenvalue weighted by Gasteiger charge is 2.46. The Labute approximate surface area is 381 Å². The first-order chi connectivity index (χ1) is 32.2. The molecule has 1 aliphatic heterocycles. The van der Waals surface area contributed by atoms with E-state index in [2.05, 4.69) is 5.16 Å². The molecule has 1 saturated heterocycles. The number of fused-ring (bicyclic) bond motifs is 1. The molecule has 5 atom stereocenters. The van der Waals surface area contributed by atoms with Crippen LogP contribution >= 0.6 is 15.6 Å². The van der Waals surface area contributed by atoms with Gasteiger partial charge in [-0.3, -0.25) is 37.1 Å². The lowest BCUT2D eigenvalue weighted by Gasteiger charge is -2.22. The average Bonchev–Trinajstić information content (AvgIpc) is 3.88. The summed E-state index contributed by atoms with van der Waals surface area (Å²) in [6.45, 7) is -2.14. The van der Waals surface area contributed by atoms with Gasteiger partial charge in [-0.1, -0.05) is 126 Å². The molecule has 0 bridgehead atoms. The largest absolute Gasteiger partial charge is 0.484 e. The van der Waals surface area contributed by atoms with Crippen LogP contribution < -0.4 is 11.2 Å². The maximum Gasteiger partial charge on any atom is 0.484 e. The van der Waals surface area contributed by atoms with Crippen molar-refractivity contribution in [2.45, 2.75) is 57.1 Å². The number of aromatic nitrogens is 3. The fraction of sp³-hybridized carbons (Fsp3) is 0.213. The fourth-order valence-electron chi connectivity index (χ4n) is 7.21. The van der Waals surface area contributed by atoms with Crippen LogP contribution in [0.25, 0.3) is 11.0 Å². The van der Waals surface area contributed by atoms with Crippen LogP contribution in [-0.2, 0) is 64.3 Å². The Kier molecular flexibility index (Phi) is 14.6. The van der Waals surface area contributed by atoms with Gasteiger partial charge in [0.05, 0.1) is 26.4 Å². The number of rotatable bonds is 20. The molecule has 18 nitrogen and oxygen atoms in total. The molecule has 0 amide bonds. The molecule has 1 unspecified atom stereocenters. The number of phosphoric ester groups is 2. The highest BCUT2D eigenvalue weighted by Crippen LogP contribution is 2.64. The first-order valence-corrected chi connectivity index (χ1v) is 23.8. The van der Waals surface area contributed by atoms with E-state index in [4.69, 9.17) is 27.1 Å². The van der Waals surface area contributed by atoms with Crippen molar-refractivity contribution < 1.29 is 61.0 Å². The Morgan fingerprint density at radius 3 is 1.75 bits per heavy atom. The molecule has 0 saturated carbocycles. The summed E-state index contributed by atoms with van der Waals surface area (Å²) >= 11 is 0. The molecule has 5 aromatic carbocycles. The predicted molar refractivity (Wildman–Crippen MR) is 240 cm³/mol. The number of benzene rings is 5. The van der Waals surface area contributed by atoms with Gasteiger partial charge in [0.2, 0.25) is 0 Å². The number of hydrogen-bond donors (Lipinski definition) is 3. The highest BCUT2D eigenvalue weighted by molar-refractivity contribution is 7.61. The van der Waals surface area contributed by atoms with Crippen molar-refractivity contribution in [1.29, 1.82) is 0 Å². The van der Waals surface area contributed by atoms with E-state index in [-0.39, 0.29) is 36.6 Å². The minimum atomic E-state index is -5.42. The van der Waals surface area contributed by atoms with Gasteiger partial charge in [0.15, 0.2) is 23.4 Å². The van der Waals surface area contributed by atoms with Gasteiger partial charge in [-0.15, -0.1) is 0 Å². The third-order valence-electron chi connectivity index (χ3n) is 10.8. The van der Waals surface area contributed by atoms with Gasteiger partial charge in [0.1, 0.15) is 24.0 Å². The molecule has 3 N–H and O–H groups in total. The molecule has 8 rings (SSSR count). The minimum absolute atomic E-state index is 0.0981. The number of nitrogens with zero attached hydrogens (tertiary/aromatic N) is 3. The lowest BCUT2D eigenvalue weighted by atomic mass is 10.0. The zero-order valence-electron chi connectivity index (χ0n) is 35.4. The second-order valence-electron chi connectivity index (χ2n) is 15.5. The number of carbonyl (C=O) groups excluding carboxylic acids is 2. The van der Waals surface area contributed by atoms with Crippen LogP contribution in [0.4, 0.5) is 0 Å². The third-order valence-corrected chi connectivity index (χ3v) is 13.8. The predicted octanol–water partition coefficient (Wildman–Crippen LogP) is 6.34. The summed E-state index contributed by atoms with van der Waals surface area (Å²) in [5.41, 5.74) is 2.42. The summed E-state index contributed by atoms with van der Waals surface area (Å²) in [7, 11) is -10.4. The van der Waals surface area contributed by atoms with E-state index >= 15 is 0 Å². The Morgan fingerprint density at radius 1 is 0.657 bits per heavy atom. The number of ketones is 2. The van der Waals surface area contributed by atoms with E-state index in [1.807, 2.05) is 12.1 Å². The SMILES string of the molecule is O=C(Cc1ccc(COP(=O)(OCc2ccc(CC(=O)c3ccccc3)cc2)OP(=O)(O)OC[C@H]2O[C@@H](n3ccc(=O)n(Cc4noc5ccccc45)c3=O)[C@@H](O)[C@H]2O)cc1)c1ccccc1. The number of hydrogen-bond acceptors (Lipinski definition) is 15. The summed E-state index contributed by atoms with van der Waals surface area (Å²) in [5.74, 6) is -0.196. The van der Waals surface area contributed by atoms with Gasteiger partial charge in [0.25, 0.3) is 5.56 Å². The quantitative estimate of drug-likeness (QED) is 0.0557. The molecule has 346 valence electrons. The van der Waals surface area contributed by atoms with Crippen LogP contribution in [0.15, 0.2) is 160 Å². The van der Waals surface area contributed by atoms with Crippen molar-refractivity contribution in [3.05, 3.63) is 206 Å². The molecule has 1 fully saturated rings. The van der Waals surface area contributed by atoms with Crippen LogP contribution in [0.1, 0.15) is 54.9 Å². The fourth-order valence-corrected chi connectivity index (χ4v) is 9.81. The Morgan fingerprint density at radius 2 is 1.18 bits per heavy atom. The van der Waals surface area contributed by atoms with E-state index in [0.29, 0.717) is 44.3 Å². The normalized spacial score (nSPS) is 18.2. The maximum atomic E-state index is 14.2. The topological polar surface area (TPSA) is 245 Å². The molecule has 1 aliphatic rings. The van der Waals surface area contributed by atoms with Gasteiger partial charge in [-0.25, -0.2) is 13.9 Å². The zero-order valence-corrected chi connectivity index (χ0v) is 37.2. The van der Waals surface area contributed by atoms with Crippen LogP contribution in [0.5, 0.6) is 0 Å². The minimum Gasteiger partial charge on any atom is -0.387 e. The average molecular weight is 952 g/mol. The second kappa shape index (κ2) is 20.7. The zero-order chi connectivity index (χ0) is 47.1. The number of ether oxygens (including phenoxy) is 1. The standard InChI is InChI=1S/C47H43N3O15P2/c51-39(35-9-3-1-4-10-35)25-31-15-19-33(20-16-31)28-61-67(59,62-29-34-21-17-32(18-22-34)26-40(52)36-11-5-2-6-12-36)65-66(57,58)60-30-42-44(54)45(55)46(63-42)49-24-23-43(53)50(47(49)56)27-38-37-13-7-8-14-41(37)64-48-38/h1-24,42,44-46,54-55H,25-30H2,(H,57,58)/t42-,44+,45+,46-/m1/s1. The molecule has 3 heterocycles. The summed E-state index contributed by atoms with van der Waals surface area (Å²) < 4.78 is 61.7. The van der Waals surface area contributed by atoms with Crippen molar-refractivity contribution in [3.8, 4) is 0 Å². The van der Waals surface area contributed by atoms with E-state index in [9.17, 15) is 43.4 Å². The number of carbonyl (C=O) groups is 2. The van der Waals surface area contributed by atoms with Crippen LogP contribution in [0.2, 0.25) is 0 Å². The molecule has 0 radical (unpaired) electrons. The Balaban J connectivity index is 0.937. The van der Waals surface area contributed by atoms with Crippen LogP contribution in [-0.4, -0.2) is 65.9 Å². The third kappa shape index (κ3) is 11.6. The van der Waals surface area contributed by atoms with E-state index in [1.165, 1.54) is 0 Å². The molecule has 20 heteroatoms. The lowest BCUT2D eigenvalue weighted by Crippen LogP contribution is -2.43. The molecule has 7 aromatic rings. The van der Waals surface area contributed by atoms with Gasteiger partial charge in [0, 0.05) is 41.6 Å². The van der Waals surface area contributed by atoms with Crippen molar-refractivity contribution in [1.82, 2.24) is 14.3 Å². The number of Topliss-reactive ketones (excluding diaryl/α,β-unsaturated/α-hetero) is 2. The summed E-state index contributed by atoms with van der Waals surface area (Å²) in [5, 5.41) is 26.4. The van der Waals surface area contributed by atoms with Crippen molar-refractivity contribution in [2.24, 2.45) is 0 Å². The van der Waals surface area contributed by atoms with Gasteiger partial charge >= 0.3 is 21.3 Å². The number of phosphoric acid groups is 2. The summed E-state index contributed by atoms with van der Waals surface area (Å²) in [6, 6.07) is 38.5. The van der Waals surface area contributed by atoms with Gasteiger partial charge in [-0.05, 0) is 34.4 Å². The second-order valence-corrected chi connectivity index (χ2v) is 18.8. The smallest absolute Gasteiger partial charge is 0.387 e. The van der Waals surface area contributed by atoms with Gasteiger partial charge in [-0.2, -0.15) is 4.31 Å². The molecule has 67 heavy (non-hydrogen) atoms. The van der Waals surface area contributed by atoms with E-state index in [1.54, 1.807) is 121 Å².